The Bertz CT molecular complexity index is 542. The van der Waals surface area contributed by atoms with E-state index in [1.807, 2.05) is 0 Å². The normalized spacial score (nSPS) is 10.8. The van der Waals surface area contributed by atoms with E-state index in [4.69, 9.17) is 0 Å². The van der Waals surface area contributed by atoms with E-state index in [1.165, 1.54) is 11.0 Å². The van der Waals surface area contributed by atoms with Crippen LogP contribution in [0.5, 0.6) is 5.75 Å². The largest absolute Gasteiger partial charge is 0.434 e. The van der Waals surface area contributed by atoms with E-state index in [-0.39, 0.29) is 42.2 Å². The number of para-hydroxylation sites is 1. The van der Waals surface area contributed by atoms with Crippen molar-refractivity contribution in [3.63, 3.8) is 0 Å². The highest BCUT2D eigenvalue weighted by Crippen LogP contribution is 2.19. The first kappa shape index (κ1) is 22.4. The van der Waals surface area contributed by atoms with Gasteiger partial charge >= 0.3 is 6.61 Å². The standard InChI is InChI=1S/C15H22F2N4O2.HI/c1-18-15(19-9-8-13(22)21(2)3)20-10-11-6-4-5-7-12(11)23-14(16)17;/h4-7,14H,8-10H2,1-3H3,(H2,18,19,20);1H. The van der Waals surface area contributed by atoms with E-state index in [0.29, 0.717) is 24.5 Å². The number of benzene rings is 1. The molecule has 0 saturated heterocycles. The van der Waals surface area contributed by atoms with E-state index in [9.17, 15) is 13.6 Å². The van der Waals surface area contributed by atoms with E-state index < -0.39 is 6.61 Å². The Morgan fingerprint density at radius 1 is 1.29 bits per heavy atom. The summed E-state index contributed by atoms with van der Waals surface area (Å²) in [6.07, 6.45) is 0.332. The number of aliphatic imine (C=N–C) groups is 1. The summed E-state index contributed by atoms with van der Waals surface area (Å²) >= 11 is 0. The maximum atomic E-state index is 12.4. The van der Waals surface area contributed by atoms with Crippen molar-refractivity contribution in [3.8, 4) is 5.75 Å². The van der Waals surface area contributed by atoms with Gasteiger partial charge in [-0.3, -0.25) is 9.79 Å². The van der Waals surface area contributed by atoms with Crippen molar-refractivity contribution in [3.05, 3.63) is 29.8 Å². The lowest BCUT2D eigenvalue weighted by atomic mass is 10.2. The van der Waals surface area contributed by atoms with Gasteiger partial charge in [0.15, 0.2) is 5.96 Å². The molecule has 0 aliphatic carbocycles. The summed E-state index contributed by atoms with van der Waals surface area (Å²) in [4.78, 5) is 17.0. The number of ether oxygens (including phenoxy) is 1. The molecule has 6 nitrogen and oxygen atoms in total. The molecule has 0 heterocycles. The molecule has 1 rings (SSSR count). The predicted octanol–water partition coefficient (Wildman–Crippen LogP) is 2.05. The maximum Gasteiger partial charge on any atom is 0.387 e. The number of nitrogens with one attached hydrogen (secondary N) is 2. The highest BCUT2D eigenvalue weighted by atomic mass is 127. The minimum absolute atomic E-state index is 0. The molecule has 0 radical (unpaired) electrons. The van der Waals surface area contributed by atoms with Crippen LogP contribution in [0, 0.1) is 0 Å². The molecule has 0 fully saturated rings. The lowest BCUT2D eigenvalue weighted by molar-refractivity contribution is -0.128. The first-order valence-corrected chi connectivity index (χ1v) is 7.11. The van der Waals surface area contributed by atoms with Crippen LogP contribution in [0.4, 0.5) is 8.78 Å². The summed E-state index contributed by atoms with van der Waals surface area (Å²) in [7, 11) is 4.97. The number of nitrogens with zero attached hydrogens (tertiary/aromatic N) is 2. The molecule has 0 atom stereocenters. The second-order valence-corrected chi connectivity index (χ2v) is 4.88. The molecule has 9 heteroatoms. The molecule has 0 aromatic heterocycles. The number of carbonyl (C=O) groups is 1. The average molecular weight is 456 g/mol. The highest BCUT2D eigenvalue weighted by Gasteiger charge is 2.09. The van der Waals surface area contributed by atoms with E-state index in [0.717, 1.165) is 0 Å². The van der Waals surface area contributed by atoms with Crippen molar-refractivity contribution in [2.45, 2.75) is 19.6 Å². The number of amides is 1. The van der Waals surface area contributed by atoms with Crippen LogP contribution in [0.2, 0.25) is 0 Å². The van der Waals surface area contributed by atoms with Crippen molar-refractivity contribution < 1.29 is 18.3 Å². The molecule has 1 aromatic carbocycles. The molecule has 24 heavy (non-hydrogen) atoms. The SMILES string of the molecule is CN=C(NCCC(=O)N(C)C)NCc1ccccc1OC(F)F.I. The molecular formula is C15H23F2IN4O2. The van der Waals surface area contributed by atoms with Gasteiger partial charge in [-0.25, -0.2) is 0 Å². The summed E-state index contributed by atoms with van der Waals surface area (Å²) in [5, 5.41) is 5.98. The highest BCUT2D eigenvalue weighted by molar-refractivity contribution is 14.0. The number of hydrogen-bond donors (Lipinski definition) is 2. The molecule has 136 valence electrons. The van der Waals surface area contributed by atoms with Gasteiger partial charge in [-0.1, -0.05) is 18.2 Å². The van der Waals surface area contributed by atoms with Gasteiger partial charge in [-0.15, -0.1) is 24.0 Å². The smallest absolute Gasteiger partial charge is 0.387 e. The molecule has 0 saturated carbocycles. The first-order chi connectivity index (χ1) is 10.9. The molecule has 0 unspecified atom stereocenters. The minimum Gasteiger partial charge on any atom is -0.434 e. The molecule has 1 aromatic rings. The number of carbonyl (C=O) groups excluding carboxylic acids is 1. The van der Waals surface area contributed by atoms with Crippen LogP contribution in [0.25, 0.3) is 0 Å². The van der Waals surface area contributed by atoms with Crippen LogP contribution in [0.15, 0.2) is 29.3 Å². The Hall–Kier alpha value is -1.65. The van der Waals surface area contributed by atoms with Gasteiger partial charge in [-0.05, 0) is 6.07 Å². The van der Waals surface area contributed by atoms with Crippen molar-refractivity contribution in [1.82, 2.24) is 15.5 Å². The quantitative estimate of drug-likeness (QED) is 0.375. The summed E-state index contributed by atoms with van der Waals surface area (Å²) in [5.74, 6) is 0.597. The molecular weight excluding hydrogens is 433 g/mol. The zero-order chi connectivity index (χ0) is 17.2. The molecule has 0 spiro atoms. The van der Waals surface area contributed by atoms with Crippen molar-refractivity contribution in [2.75, 3.05) is 27.7 Å². The Balaban J connectivity index is 0.00000529. The van der Waals surface area contributed by atoms with Crippen LogP contribution < -0.4 is 15.4 Å². The fraction of sp³-hybridized carbons (Fsp3) is 0.467. The Morgan fingerprint density at radius 3 is 2.54 bits per heavy atom. The van der Waals surface area contributed by atoms with Crippen LogP contribution in [-0.2, 0) is 11.3 Å². The maximum absolute atomic E-state index is 12.4. The van der Waals surface area contributed by atoms with Gasteiger partial charge in [0.2, 0.25) is 5.91 Å². The van der Waals surface area contributed by atoms with Gasteiger partial charge < -0.3 is 20.3 Å². The molecule has 1 amide bonds. The van der Waals surface area contributed by atoms with Crippen LogP contribution in [0.3, 0.4) is 0 Å². The summed E-state index contributed by atoms with van der Waals surface area (Å²) in [5.41, 5.74) is 0.583. The van der Waals surface area contributed by atoms with Crippen LogP contribution >= 0.6 is 24.0 Å². The fourth-order valence-corrected chi connectivity index (χ4v) is 1.77. The predicted molar refractivity (Wildman–Crippen MR) is 100 cm³/mol. The molecule has 0 bridgehead atoms. The number of rotatable bonds is 7. The Labute approximate surface area is 157 Å². The summed E-state index contributed by atoms with van der Waals surface area (Å²) < 4.78 is 29.2. The second kappa shape index (κ2) is 11.8. The second-order valence-electron chi connectivity index (χ2n) is 4.88. The zero-order valence-corrected chi connectivity index (χ0v) is 16.2. The van der Waals surface area contributed by atoms with Gasteiger partial charge in [0.1, 0.15) is 5.75 Å². The van der Waals surface area contributed by atoms with Crippen LogP contribution in [-0.4, -0.2) is 51.1 Å². The monoisotopic (exact) mass is 456 g/mol. The molecule has 0 aliphatic heterocycles. The zero-order valence-electron chi connectivity index (χ0n) is 13.9. The van der Waals surface area contributed by atoms with E-state index in [2.05, 4.69) is 20.4 Å². The van der Waals surface area contributed by atoms with Gasteiger partial charge in [0.05, 0.1) is 0 Å². The van der Waals surface area contributed by atoms with Crippen LogP contribution in [0.1, 0.15) is 12.0 Å². The average Bonchev–Trinajstić information content (AvgIpc) is 2.51. The third-order valence-corrected chi connectivity index (χ3v) is 2.99. The summed E-state index contributed by atoms with van der Waals surface area (Å²) in [6, 6.07) is 6.53. The minimum atomic E-state index is -2.87. The molecule has 2 N–H and O–H groups in total. The van der Waals surface area contributed by atoms with Crippen molar-refractivity contribution in [2.24, 2.45) is 4.99 Å². The first-order valence-electron chi connectivity index (χ1n) is 7.11. The number of halogens is 3. The van der Waals surface area contributed by atoms with E-state index >= 15 is 0 Å². The van der Waals surface area contributed by atoms with E-state index in [1.54, 1.807) is 39.3 Å². The van der Waals surface area contributed by atoms with Gasteiger partial charge in [0, 0.05) is 46.2 Å². The lowest BCUT2D eigenvalue weighted by Crippen LogP contribution is -2.38. The van der Waals surface area contributed by atoms with Gasteiger partial charge in [-0.2, -0.15) is 8.78 Å². The lowest BCUT2D eigenvalue weighted by Gasteiger charge is -2.15. The fourth-order valence-electron chi connectivity index (χ4n) is 1.77. The Kier molecular flexibility index (Phi) is 11.0. The molecule has 0 aliphatic rings. The van der Waals surface area contributed by atoms with Crippen molar-refractivity contribution in [1.29, 1.82) is 0 Å². The number of alkyl halides is 2. The topological polar surface area (TPSA) is 66.0 Å². The van der Waals surface area contributed by atoms with Crippen molar-refractivity contribution >= 4 is 35.8 Å². The Morgan fingerprint density at radius 2 is 1.96 bits per heavy atom. The number of guanidine groups is 1. The summed E-state index contributed by atoms with van der Waals surface area (Å²) in [6.45, 7) is -2.18. The third-order valence-electron chi connectivity index (χ3n) is 2.99. The van der Waals surface area contributed by atoms with Gasteiger partial charge in [0.25, 0.3) is 0 Å². The number of hydrogen-bond acceptors (Lipinski definition) is 3. The third kappa shape index (κ3) is 8.27.